The molecule has 6 heteroatoms. The van der Waals surface area contributed by atoms with Crippen molar-refractivity contribution in [1.82, 2.24) is 0 Å². The van der Waals surface area contributed by atoms with Crippen molar-refractivity contribution < 1.29 is 23.0 Å². The standard InChI is InChI=1S/C20H19FO4S/c1-26(24,25)17-8-4-15(5-9-17)19-11-20(12-22,13-23)10-18(19)14-2-6-16(21)7-3-14/h2-11,22-23H,12-13H2,1H3. The van der Waals surface area contributed by atoms with Crippen molar-refractivity contribution in [2.24, 2.45) is 5.41 Å². The second-order valence-electron chi connectivity index (χ2n) is 6.47. The SMILES string of the molecule is CS(=O)(=O)c1ccc(C2=CC(CO)(CO)C=C2c2ccc(F)cc2)cc1. The number of aliphatic hydroxyl groups is 2. The van der Waals surface area contributed by atoms with Crippen LogP contribution in [0, 0.1) is 11.2 Å². The highest BCUT2D eigenvalue weighted by Gasteiger charge is 2.32. The summed E-state index contributed by atoms with van der Waals surface area (Å²) in [4.78, 5) is 0.211. The molecule has 3 rings (SSSR count). The normalized spacial score (nSPS) is 16.3. The van der Waals surface area contributed by atoms with Crippen molar-refractivity contribution in [1.29, 1.82) is 0 Å². The van der Waals surface area contributed by atoms with E-state index in [1.54, 1.807) is 36.4 Å². The van der Waals surface area contributed by atoms with Crippen molar-refractivity contribution in [3.8, 4) is 0 Å². The third kappa shape index (κ3) is 3.49. The summed E-state index contributed by atoms with van der Waals surface area (Å²) in [6, 6.07) is 12.4. The molecule has 0 aliphatic heterocycles. The quantitative estimate of drug-likeness (QED) is 0.844. The van der Waals surface area contributed by atoms with E-state index in [-0.39, 0.29) is 23.9 Å². The zero-order valence-electron chi connectivity index (χ0n) is 14.2. The van der Waals surface area contributed by atoms with Gasteiger partial charge in [-0.15, -0.1) is 0 Å². The van der Waals surface area contributed by atoms with E-state index in [0.717, 1.165) is 28.5 Å². The molecule has 26 heavy (non-hydrogen) atoms. The molecule has 0 spiro atoms. The van der Waals surface area contributed by atoms with Gasteiger partial charge in [0.25, 0.3) is 0 Å². The van der Waals surface area contributed by atoms with E-state index in [4.69, 9.17) is 0 Å². The molecule has 0 radical (unpaired) electrons. The first kappa shape index (κ1) is 18.5. The molecule has 136 valence electrons. The summed E-state index contributed by atoms with van der Waals surface area (Å²) in [6.45, 7) is -0.557. The Bertz CT molecular complexity index is 967. The van der Waals surface area contributed by atoms with E-state index in [1.807, 2.05) is 0 Å². The molecular formula is C20H19FO4S. The Labute approximate surface area is 151 Å². The van der Waals surface area contributed by atoms with Gasteiger partial charge in [-0.05, 0) is 46.5 Å². The number of sulfone groups is 1. The van der Waals surface area contributed by atoms with Gasteiger partial charge in [0.2, 0.25) is 0 Å². The highest BCUT2D eigenvalue weighted by atomic mass is 32.2. The molecule has 1 aliphatic rings. The average Bonchev–Trinajstić information content (AvgIpc) is 3.02. The summed E-state index contributed by atoms with van der Waals surface area (Å²) in [6.07, 6.45) is 4.67. The summed E-state index contributed by atoms with van der Waals surface area (Å²) in [5, 5.41) is 19.5. The molecule has 2 aromatic rings. The van der Waals surface area contributed by atoms with Crippen molar-refractivity contribution in [3.63, 3.8) is 0 Å². The lowest BCUT2D eigenvalue weighted by atomic mass is 9.91. The minimum atomic E-state index is -3.30. The first-order chi connectivity index (χ1) is 12.3. The van der Waals surface area contributed by atoms with Crippen molar-refractivity contribution in [2.45, 2.75) is 4.90 Å². The summed E-state index contributed by atoms with van der Waals surface area (Å²) >= 11 is 0. The average molecular weight is 374 g/mol. The van der Waals surface area contributed by atoms with Gasteiger partial charge < -0.3 is 10.2 Å². The molecule has 0 atom stereocenters. The van der Waals surface area contributed by atoms with E-state index >= 15 is 0 Å². The summed E-state index contributed by atoms with van der Waals surface area (Å²) < 4.78 is 36.6. The lowest BCUT2D eigenvalue weighted by Crippen LogP contribution is -2.23. The molecule has 0 saturated heterocycles. The van der Waals surface area contributed by atoms with Crippen LogP contribution in [-0.2, 0) is 9.84 Å². The zero-order chi connectivity index (χ0) is 18.9. The maximum atomic E-state index is 13.3. The number of benzene rings is 2. The molecule has 4 nitrogen and oxygen atoms in total. The Kier molecular flexibility index (Phi) is 4.84. The van der Waals surface area contributed by atoms with Crippen LogP contribution in [0.3, 0.4) is 0 Å². The molecule has 0 unspecified atom stereocenters. The highest BCUT2D eigenvalue weighted by Crippen LogP contribution is 2.43. The van der Waals surface area contributed by atoms with Crippen LogP contribution in [0.25, 0.3) is 11.1 Å². The van der Waals surface area contributed by atoms with Crippen LogP contribution in [-0.4, -0.2) is 38.1 Å². The Morgan fingerprint density at radius 1 is 0.846 bits per heavy atom. The highest BCUT2D eigenvalue weighted by molar-refractivity contribution is 7.90. The molecule has 0 aromatic heterocycles. The van der Waals surface area contributed by atoms with E-state index < -0.39 is 15.3 Å². The van der Waals surface area contributed by atoms with Crippen LogP contribution in [0.5, 0.6) is 0 Å². The van der Waals surface area contributed by atoms with Crippen molar-refractivity contribution >= 4 is 21.0 Å². The number of allylic oxidation sites excluding steroid dienone is 2. The van der Waals surface area contributed by atoms with Gasteiger partial charge in [-0.2, -0.15) is 0 Å². The number of aliphatic hydroxyl groups excluding tert-OH is 2. The summed E-state index contributed by atoms with van der Waals surface area (Å²) in [5.41, 5.74) is 2.07. The van der Waals surface area contributed by atoms with Crippen LogP contribution in [0.1, 0.15) is 11.1 Å². The van der Waals surface area contributed by atoms with Gasteiger partial charge in [0, 0.05) is 6.26 Å². The van der Waals surface area contributed by atoms with Crippen LogP contribution in [0.4, 0.5) is 4.39 Å². The minimum Gasteiger partial charge on any atom is -0.395 e. The second kappa shape index (κ2) is 6.79. The number of rotatable bonds is 5. The third-order valence-electron chi connectivity index (χ3n) is 4.49. The van der Waals surface area contributed by atoms with Gasteiger partial charge in [-0.25, -0.2) is 12.8 Å². The second-order valence-corrected chi connectivity index (χ2v) is 8.48. The zero-order valence-corrected chi connectivity index (χ0v) is 15.0. The van der Waals surface area contributed by atoms with Gasteiger partial charge in [0.1, 0.15) is 5.82 Å². The van der Waals surface area contributed by atoms with Gasteiger partial charge in [0.05, 0.1) is 23.5 Å². The molecule has 0 bridgehead atoms. The largest absolute Gasteiger partial charge is 0.395 e. The fourth-order valence-corrected chi connectivity index (χ4v) is 3.62. The fourth-order valence-electron chi connectivity index (χ4n) is 2.99. The Morgan fingerprint density at radius 3 is 1.65 bits per heavy atom. The van der Waals surface area contributed by atoms with Crippen LogP contribution in [0.2, 0.25) is 0 Å². The lowest BCUT2D eigenvalue weighted by molar-refractivity contribution is 0.131. The van der Waals surface area contributed by atoms with Gasteiger partial charge in [-0.1, -0.05) is 36.4 Å². The Morgan fingerprint density at radius 2 is 1.27 bits per heavy atom. The smallest absolute Gasteiger partial charge is 0.175 e. The molecular weight excluding hydrogens is 355 g/mol. The molecule has 1 aliphatic carbocycles. The fraction of sp³-hybridized carbons (Fsp3) is 0.200. The van der Waals surface area contributed by atoms with E-state index in [1.165, 1.54) is 24.3 Å². The molecule has 0 heterocycles. The van der Waals surface area contributed by atoms with Crippen molar-refractivity contribution in [2.75, 3.05) is 19.5 Å². The predicted octanol–water partition coefficient (Wildman–Crippen LogP) is 2.68. The van der Waals surface area contributed by atoms with Gasteiger partial charge >= 0.3 is 0 Å². The van der Waals surface area contributed by atoms with E-state index in [0.29, 0.717) is 0 Å². The van der Waals surface area contributed by atoms with Crippen molar-refractivity contribution in [3.05, 3.63) is 77.6 Å². The lowest BCUT2D eigenvalue weighted by Gasteiger charge is -2.18. The first-order valence-corrected chi connectivity index (χ1v) is 9.91. The number of halogens is 1. The van der Waals surface area contributed by atoms with Crippen LogP contribution < -0.4 is 0 Å². The van der Waals surface area contributed by atoms with Crippen LogP contribution in [0.15, 0.2) is 65.6 Å². The molecule has 2 N–H and O–H groups in total. The van der Waals surface area contributed by atoms with Gasteiger partial charge in [-0.3, -0.25) is 0 Å². The minimum absolute atomic E-state index is 0.211. The predicted molar refractivity (Wildman–Crippen MR) is 98.5 cm³/mol. The molecule has 0 saturated carbocycles. The molecule has 0 amide bonds. The maximum Gasteiger partial charge on any atom is 0.175 e. The van der Waals surface area contributed by atoms with Gasteiger partial charge in [0.15, 0.2) is 9.84 Å². The Balaban J connectivity index is 2.10. The third-order valence-corrected chi connectivity index (χ3v) is 5.62. The first-order valence-electron chi connectivity index (χ1n) is 8.02. The molecule has 0 fully saturated rings. The maximum absolute atomic E-state index is 13.3. The summed E-state index contributed by atoms with van der Waals surface area (Å²) in [7, 11) is -3.30. The topological polar surface area (TPSA) is 74.6 Å². The summed E-state index contributed by atoms with van der Waals surface area (Å²) in [5.74, 6) is -0.356. The van der Waals surface area contributed by atoms with E-state index in [9.17, 15) is 23.0 Å². The van der Waals surface area contributed by atoms with Crippen LogP contribution >= 0.6 is 0 Å². The van der Waals surface area contributed by atoms with E-state index in [2.05, 4.69) is 0 Å². The monoisotopic (exact) mass is 374 g/mol. The number of hydrogen-bond acceptors (Lipinski definition) is 4. The molecule has 2 aromatic carbocycles. The number of hydrogen-bond donors (Lipinski definition) is 2. The Hall–Kier alpha value is -2.28.